The van der Waals surface area contributed by atoms with E-state index in [0.717, 1.165) is 0 Å². The van der Waals surface area contributed by atoms with Crippen LogP contribution in [0.4, 0.5) is 57.1 Å². The highest BCUT2D eigenvalue weighted by Gasteiger charge is 2.90. The van der Waals surface area contributed by atoms with Gasteiger partial charge in [-0.1, -0.05) is 0 Å². The molecule has 0 nitrogen and oxygen atoms in total. The third-order valence-corrected chi connectivity index (χ3v) is 2.13. The summed E-state index contributed by atoms with van der Waals surface area (Å²) >= 11 is 3.36. The van der Waals surface area contributed by atoms with Crippen LogP contribution in [0.25, 0.3) is 0 Å². The average Bonchev–Trinajstić information content (AvgIpc) is 2.12. The fraction of sp³-hybridized carbons (Fsp3) is 1.00. The highest BCUT2D eigenvalue weighted by atomic mass is 35.5. The van der Waals surface area contributed by atoms with E-state index in [1.807, 2.05) is 0 Å². The first-order valence-corrected chi connectivity index (χ1v) is 4.27. The zero-order valence-corrected chi connectivity index (χ0v) is 9.05. The third-order valence-electron chi connectivity index (χ3n) is 1.90. The summed E-state index contributed by atoms with van der Waals surface area (Å²) in [6.45, 7) is 0. The van der Waals surface area contributed by atoms with Crippen molar-refractivity contribution in [3.05, 3.63) is 0 Å². The average molecular weight is 354 g/mol. The minimum Gasteiger partial charge on any atom is -0.192 e. The summed E-state index contributed by atoms with van der Waals surface area (Å²) in [5.41, 5.74) is 0. The van der Waals surface area contributed by atoms with Crippen LogP contribution in [0.3, 0.4) is 0 Å². The van der Waals surface area contributed by atoms with Gasteiger partial charge in [0.05, 0.1) is 0 Å². The molecular weight excluding hydrogens is 354 g/mol. The predicted octanol–water partition coefficient (Wildman–Crippen LogP) is 4.92. The number of halogens is 14. The molecular formula is C6ClF13. The van der Waals surface area contributed by atoms with Crippen molar-refractivity contribution >= 4 is 11.6 Å². The monoisotopic (exact) mass is 354 g/mol. The van der Waals surface area contributed by atoms with E-state index in [1.165, 1.54) is 0 Å². The molecule has 0 aromatic heterocycles. The van der Waals surface area contributed by atoms with E-state index in [4.69, 9.17) is 0 Å². The van der Waals surface area contributed by atoms with Crippen molar-refractivity contribution in [2.75, 3.05) is 0 Å². The van der Waals surface area contributed by atoms with Gasteiger partial charge in [0.2, 0.25) is 0 Å². The van der Waals surface area contributed by atoms with E-state index in [1.54, 1.807) is 0 Å². The maximum absolute atomic E-state index is 12.5. The highest BCUT2D eigenvalue weighted by molar-refractivity contribution is 6.22. The predicted molar refractivity (Wildman–Crippen MR) is 36.6 cm³/mol. The number of alkyl halides is 14. The number of hydrogen-bond acceptors (Lipinski definition) is 0. The molecule has 20 heavy (non-hydrogen) atoms. The van der Waals surface area contributed by atoms with Crippen LogP contribution in [-0.4, -0.2) is 35.2 Å². The van der Waals surface area contributed by atoms with Gasteiger partial charge in [-0.05, 0) is 11.6 Å². The van der Waals surface area contributed by atoms with E-state index in [0.29, 0.717) is 0 Å². The number of rotatable bonds is 4. The molecule has 0 spiro atoms. The van der Waals surface area contributed by atoms with Crippen molar-refractivity contribution < 1.29 is 57.1 Å². The van der Waals surface area contributed by atoms with Crippen molar-refractivity contribution in [1.82, 2.24) is 0 Å². The molecule has 0 aliphatic carbocycles. The van der Waals surface area contributed by atoms with E-state index >= 15 is 0 Å². The van der Waals surface area contributed by atoms with Crippen molar-refractivity contribution in [2.24, 2.45) is 0 Å². The fourth-order valence-corrected chi connectivity index (χ4v) is 0.869. The van der Waals surface area contributed by atoms with Crippen LogP contribution >= 0.6 is 11.6 Å². The normalized spacial score (nSPS) is 16.5. The van der Waals surface area contributed by atoms with E-state index in [-0.39, 0.29) is 0 Å². The van der Waals surface area contributed by atoms with Crippen molar-refractivity contribution in [2.45, 2.75) is 35.2 Å². The van der Waals surface area contributed by atoms with Crippen LogP contribution < -0.4 is 0 Å². The maximum atomic E-state index is 12.5. The molecule has 0 N–H and O–H groups in total. The lowest BCUT2D eigenvalue weighted by molar-refractivity contribution is -0.433. The van der Waals surface area contributed by atoms with Crippen molar-refractivity contribution in [3.8, 4) is 0 Å². The largest absolute Gasteiger partial charge is 0.460 e. The van der Waals surface area contributed by atoms with Gasteiger partial charge in [0.15, 0.2) is 0 Å². The Morgan fingerprint density at radius 1 is 0.400 bits per heavy atom. The molecule has 0 bridgehead atoms. The van der Waals surface area contributed by atoms with Crippen molar-refractivity contribution in [3.63, 3.8) is 0 Å². The summed E-state index contributed by atoms with van der Waals surface area (Å²) in [5.74, 6) is -30.8. The van der Waals surface area contributed by atoms with Crippen LogP contribution in [0.1, 0.15) is 0 Å². The minimum absolute atomic E-state index is 3.36. The lowest BCUT2D eigenvalue weighted by Crippen LogP contribution is -2.69. The maximum Gasteiger partial charge on any atom is 0.460 e. The van der Waals surface area contributed by atoms with Crippen LogP contribution in [0, 0.1) is 0 Å². The molecule has 0 rings (SSSR count). The Hall–Kier alpha value is -0.620. The molecule has 0 aliphatic rings. The highest BCUT2D eigenvalue weighted by Crippen LogP contribution is 2.60. The van der Waals surface area contributed by atoms with Crippen molar-refractivity contribution in [1.29, 1.82) is 0 Å². The lowest BCUT2D eigenvalue weighted by atomic mass is 9.98. The molecule has 0 heterocycles. The molecule has 0 saturated carbocycles. The summed E-state index contributed by atoms with van der Waals surface area (Å²) in [6, 6.07) is 0. The first-order valence-electron chi connectivity index (χ1n) is 3.90. The SMILES string of the molecule is FC(F)(F)C(F)(F)C(F)(F)C(F)(F)C(F)(F)C(F)(F)Cl. The summed E-state index contributed by atoms with van der Waals surface area (Å²) in [4.78, 5) is 0. The van der Waals surface area contributed by atoms with Gasteiger partial charge < -0.3 is 0 Å². The van der Waals surface area contributed by atoms with Gasteiger partial charge >= 0.3 is 35.2 Å². The van der Waals surface area contributed by atoms with Gasteiger partial charge in [0.1, 0.15) is 0 Å². The molecule has 0 aliphatic heterocycles. The lowest BCUT2D eigenvalue weighted by Gasteiger charge is -2.38. The molecule has 0 saturated heterocycles. The summed E-state index contributed by atoms with van der Waals surface area (Å²) in [7, 11) is 0. The zero-order chi connectivity index (χ0) is 17.0. The molecule has 0 aromatic rings. The molecule has 0 unspecified atom stereocenters. The second kappa shape index (κ2) is 4.44. The Bertz CT molecular complexity index is 324. The van der Waals surface area contributed by atoms with Gasteiger partial charge in [0, 0.05) is 0 Å². The number of hydrogen-bond donors (Lipinski definition) is 0. The Kier molecular flexibility index (Phi) is 4.30. The molecule has 14 heteroatoms. The summed E-state index contributed by atoms with van der Waals surface area (Å²) < 4.78 is 157. The zero-order valence-electron chi connectivity index (χ0n) is 8.29. The second-order valence-corrected chi connectivity index (χ2v) is 3.77. The second-order valence-electron chi connectivity index (χ2n) is 3.29. The van der Waals surface area contributed by atoms with E-state index in [2.05, 4.69) is 11.6 Å². The van der Waals surface area contributed by atoms with Gasteiger partial charge in [-0.25, -0.2) is 0 Å². The van der Waals surface area contributed by atoms with Gasteiger partial charge in [0.25, 0.3) is 0 Å². The van der Waals surface area contributed by atoms with Gasteiger partial charge in [-0.3, -0.25) is 0 Å². The Balaban J connectivity index is 6.08. The standard InChI is InChI=1S/C6ClF13/c7-5(16,17)3(12,13)1(8,9)2(10,11)4(14,15)6(18,19)20. The minimum atomic E-state index is -7.89. The molecule has 122 valence electrons. The fourth-order valence-electron chi connectivity index (χ4n) is 0.750. The Morgan fingerprint density at radius 2 is 0.650 bits per heavy atom. The quantitative estimate of drug-likeness (QED) is 0.496. The topological polar surface area (TPSA) is 0 Å². The Labute approximate surface area is 105 Å². The first kappa shape index (κ1) is 19.4. The smallest absolute Gasteiger partial charge is 0.192 e. The van der Waals surface area contributed by atoms with Crippen LogP contribution in [-0.2, 0) is 0 Å². The third kappa shape index (κ3) is 2.37. The summed E-state index contributed by atoms with van der Waals surface area (Å²) in [6.07, 6.45) is -7.41. The van der Waals surface area contributed by atoms with Crippen LogP contribution in [0.15, 0.2) is 0 Å². The van der Waals surface area contributed by atoms with Gasteiger partial charge in [-0.2, -0.15) is 57.1 Å². The molecule has 0 radical (unpaired) electrons. The molecule has 0 amide bonds. The summed E-state index contributed by atoms with van der Waals surface area (Å²) in [5, 5.41) is -6.51. The van der Waals surface area contributed by atoms with E-state index in [9.17, 15) is 57.1 Å². The molecule has 0 aromatic carbocycles. The first-order chi connectivity index (χ1) is 8.25. The van der Waals surface area contributed by atoms with Crippen LogP contribution in [0.2, 0.25) is 0 Å². The van der Waals surface area contributed by atoms with Crippen LogP contribution in [0.5, 0.6) is 0 Å². The molecule has 0 atom stereocenters. The van der Waals surface area contributed by atoms with Gasteiger partial charge in [-0.15, -0.1) is 0 Å². The van der Waals surface area contributed by atoms with E-state index < -0.39 is 35.2 Å². The Morgan fingerprint density at radius 3 is 0.850 bits per heavy atom. The molecule has 0 fully saturated rings.